The minimum atomic E-state index is 0.0335. The van der Waals surface area contributed by atoms with Gasteiger partial charge >= 0.3 is 0 Å². The van der Waals surface area contributed by atoms with Crippen molar-refractivity contribution in [2.75, 3.05) is 32.8 Å². The van der Waals surface area contributed by atoms with E-state index in [0.29, 0.717) is 11.3 Å². The van der Waals surface area contributed by atoms with Crippen molar-refractivity contribution in [3.63, 3.8) is 0 Å². The molecular formula is C20H27N3O3. The highest BCUT2D eigenvalue weighted by Crippen LogP contribution is 2.21. The van der Waals surface area contributed by atoms with Crippen molar-refractivity contribution in [1.82, 2.24) is 9.80 Å². The minimum Gasteiger partial charge on any atom is -0.484 e. The van der Waals surface area contributed by atoms with Crippen LogP contribution in [0, 0.1) is 11.3 Å². The molecule has 26 heavy (non-hydrogen) atoms. The van der Waals surface area contributed by atoms with Gasteiger partial charge in [-0.05, 0) is 51.0 Å². The number of morpholine rings is 1. The van der Waals surface area contributed by atoms with Crippen LogP contribution in [0.25, 0.3) is 0 Å². The lowest BCUT2D eigenvalue weighted by Gasteiger charge is -2.38. The number of carbonyl (C=O) groups excluding carboxylic acids is 1. The van der Waals surface area contributed by atoms with Crippen LogP contribution >= 0.6 is 0 Å². The zero-order valence-corrected chi connectivity index (χ0v) is 15.6. The molecule has 0 N–H and O–H groups in total. The van der Waals surface area contributed by atoms with E-state index in [4.69, 9.17) is 14.7 Å². The number of hydrogen-bond acceptors (Lipinski definition) is 5. The number of nitrogens with zero attached hydrogens (tertiary/aromatic N) is 3. The Morgan fingerprint density at radius 2 is 1.96 bits per heavy atom. The second-order valence-corrected chi connectivity index (χ2v) is 7.28. The molecule has 0 spiro atoms. The second kappa shape index (κ2) is 8.52. The average molecular weight is 357 g/mol. The van der Waals surface area contributed by atoms with Gasteiger partial charge in [0, 0.05) is 32.2 Å². The first kappa shape index (κ1) is 18.7. The smallest absolute Gasteiger partial charge is 0.260 e. The number of likely N-dealkylation sites (tertiary alicyclic amines) is 1. The maximum Gasteiger partial charge on any atom is 0.260 e. The fraction of sp³-hybridized carbons (Fsp3) is 0.600. The Labute approximate surface area is 155 Å². The lowest BCUT2D eigenvalue weighted by atomic mass is 10.1. The zero-order valence-electron chi connectivity index (χ0n) is 15.6. The van der Waals surface area contributed by atoms with Gasteiger partial charge in [0.1, 0.15) is 5.75 Å². The first-order valence-corrected chi connectivity index (χ1v) is 9.35. The fourth-order valence-corrected chi connectivity index (χ4v) is 3.94. The molecule has 0 bridgehead atoms. The number of ether oxygens (including phenoxy) is 2. The molecule has 0 aromatic heterocycles. The summed E-state index contributed by atoms with van der Waals surface area (Å²) >= 11 is 0. The first-order chi connectivity index (χ1) is 12.5. The van der Waals surface area contributed by atoms with Crippen LogP contribution in [0.2, 0.25) is 0 Å². The third-order valence-electron chi connectivity index (χ3n) is 5.01. The maximum atomic E-state index is 12.6. The summed E-state index contributed by atoms with van der Waals surface area (Å²) in [5.41, 5.74) is 0.581. The lowest BCUT2D eigenvalue weighted by molar-refractivity contribution is -0.135. The van der Waals surface area contributed by atoms with Crippen molar-refractivity contribution in [1.29, 1.82) is 5.26 Å². The zero-order chi connectivity index (χ0) is 18.5. The van der Waals surface area contributed by atoms with Gasteiger partial charge in [0.2, 0.25) is 0 Å². The summed E-state index contributed by atoms with van der Waals surface area (Å²) in [6.45, 7) is 7.79. The van der Waals surface area contributed by atoms with E-state index >= 15 is 0 Å². The third-order valence-corrected chi connectivity index (χ3v) is 5.01. The molecule has 3 rings (SSSR count). The van der Waals surface area contributed by atoms with Crippen molar-refractivity contribution < 1.29 is 14.3 Å². The molecule has 3 atom stereocenters. The Morgan fingerprint density at radius 1 is 1.27 bits per heavy atom. The lowest BCUT2D eigenvalue weighted by Crippen LogP contribution is -2.51. The summed E-state index contributed by atoms with van der Waals surface area (Å²) in [6.07, 6.45) is 2.57. The topological polar surface area (TPSA) is 65.8 Å². The summed E-state index contributed by atoms with van der Waals surface area (Å²) in [5.74, 6) is 0.648. The monoisotopic (exact) mass is 357 g/mol. The first-order valence-electron chi connectivity index (χ1n) is 9.35. The van der Waals surface area contributed by atoms with Crippen LogP contribution in [-0.2, 0) is 9.53 Å². The molecule has 6 nitrogen and oxygen atoms in total. The Morgan fingerprint density at radius 3 is 2.62 bits per heavy atom. The SMILES string of the molecule is C[C@@H]1CN(C[C@@H]2CCCN2C(=O)COc2ccc(C#N)cc2)C[C@H](C)O1. The Hall–Kier alpha value is -2.10. The summed E-state index contributed by atoms with van der Waals surface area (Å²) in [4.78, 5) is 17.0. The highest BCUT2D eigenvalue weighted by molar-refractivity contribution is 5.78. The van der Waals surface area contributed by atoms with Crippen LogP contribution in [0.1, 0.15) is 32.3 Å². The van der Waals surface area contributed by atoms with E-state index in [2.05, 4.69) is 24.8 Å². The largest absolute Gasteiger partial charge is 0.484 e. The van der Waals surface area contributed by atoms with Crippen LogP contribution in [0.3, 0.4) is 0 Å². The van der Waals surface area contributed by atoms with Crippen molar-refractivity contribution >= 4 is 5.91 Å². The predicted molar refractivity (Wildman–Crippen MR) is 97.8 cm³/mol. The number of amides is 1. The van der Waals surface area contributed by atoms with Crippen molar-refractivity contribution in [2.45, 2.75) is 44.9 Å². The predicted octanol–water partition coefficient (Wildman–Crippen LogP) is 2.04. The quantitative estimate of drug-likeness (QED) is 0.807. The Balaban J connectivity index is 1.51. The molecule has 2 aliphatic heterocycles. The van der Waals surface area contributed by atoms with Gasteiger partial charge in [0.25, 0.3) is 5.91 Å². The van der Waals surface area contributed by atoms with Gasteiger partial charge in [-0.1, -0.05) is 0 Å². The molecule has 2 heterocycles. The summed E-state index contributed by atoms with van der Waals surface area (Å²) in [7, 11) is 0. The molecule has 140 valence electrons. The fourth-order valence-electron chi connectivity index (χ4n) is 3.94. The van der Waals surface area contributed by atoms with Gasteiger partial charge in [-0.2, -0.15) is 5.26 Å². The van der Waals surface area contributed by atoms with Gasteiger partial charge in [-0.25, -0.2) is 0 Å². The summed E-state index contributed by atoms with van der Waals surface area (Å²) in [5, 5.41) is 8.82. The van der Waals surface area contributed by atoms with E-state index in [-0.39, 0.29) is 30.8 Å². The van der Waals surface area contributed by atoms with Gasteiger partial charge in [0.15, 0.2) is 6.61 Å². The molecule has 1 aromatic carbocycles. The molecule has 1 amide bonds. The van der Waals surface area contributed by atoms with E-state index < -0.39 is 0 Å². The number of benzene rings is 1. The number of hydrogen-bond donors (Lipinski definition) is 0. The molecule has 0 aliphatic carbocycles. The van der Waals surface area contributed by atoms with Crippen molar-refractivity contribution in [3.05, 3.63) is 29.8 Å². The van der Waals surface area contributed by atoms with Crippen LogP contribution < -0.4 is 4.74 Å². The van der Waals surface area contributed by atoms with Crippen LogP contribution in [0.15, 0.2) is 24.3 Å². The van der Waals surface area contributed by atoms with Crippen LogP contribution in [0.4, 0.5) is 0 Å². The van der Waals surface area contributed by atoms with Crippen LogP contribution in [-0.4, -0.2) is 66.7 Å². The maximum absolute atomic E-state index is 12.6. The molecule has 2 saturated heterocycles. The molecule has 0 saturated carbocycles. The van der Waals surface area contributed by atoms with Crippen molar-refractivity contribution in [2.24, 2.45) is 0 Å². The average Bonchev–Trinajstić information content (AvgIpc) is 3.07. The van der Waals surface area contributed by atoms with Gasteiger partial charge < -0.3 is 14.4 Å². The van der Waals surface area contributed by atoms with Gasteiger partial charge in [0.05, 0.1) is 23.8 Å². The highest BCUT2D eigenvalue weighted by Gasteiger charge is 2.32. The number of carbonyl (C=O) groups is 1. The highest BCUT2D eigenvalue weighted by atomic mass is 16.5. The van der Waals surface area contributed by atoms with E-state index in [0.717, 1.165) is 39.0 Å². The molecular weight excluding hydrogens is 330 g/mol. The summed E-state index contributed by atoms with van der Waals surface area (Å²) < 4.78 is 11.4. The van der Waals surface area contributed by atoms with E-state index in [1.165, 1.54) is 0 Å². The number of rotatable bonds is 5. The molecule has 0 radical (unpaired) electrons. The molecule has 6 heteroatoms. The third kappa shape index (κ3) is 4.75. The van der Waals surface area contributed by atoms with E-state index in [1.807, 2.05) is 4.90 Å². The standard InChI is InChI=1S/C20H27N3O3/c1-15-11-22(12-16(2)26-15)13-18-4-3-9-23(18)20(24)14-25-19-7-5-17(10-21)6-8-19/h5-8,15-16,18H,3-4,9,11-14H2,1-2H3/t15-,16+,18-/m0/s1. The van der Waals surface area contributed by atoms with Crippen molar-refractivity contribution in [3.8, 4) is 11.8 Å². The minimum absolute atomic E-state index is 0.0335. The van der Waals surface area contributed by atoms with E-state index in [1.54, 1.807) is 24.3 Å². The van der Waals surface area contributed by atoms with E-state index in [9.17, 15) is 4.79 Å². The Kier molecular flexibility index (Phi) is 6.12. The van der Waals surface area contributed by atoms with Crippen LogP contribution in [0.5, 0.6) is 5.75 Å². The molecule has 2 aliphatic rings. The number of nitriles is 1. The molecule has 2 fully saturated rings. The second-order valence-electron chi connectivity index (χ2n) is 7.28. The normalized spacial score (nSPS) is 26.5. The van der Waals surface area contributed by atoms with Gasteiger partial charge in [-0.15, -0.1) is 0 Å². The molecule has 0 unspecified atom stereocenters. The Bertz CT molecular complexity index is 645. The summed E-state index contributed by atoms with van der Waals surface area (Å²) in [6, 6.07) is 9.16. The molecule has 1 aromatic rings. The van der Waals surface area contributed by atoms with Gasteiger partial charge in [-0.3, -0.25) is 9.69 Å².